The van der Waals surface area contributed by atoms with Crippen LogP contribution in [0, 0.1) is 11.6 Å². The zero-order chi connectivity index (χ0) is 10.6. The molecule has 1 aromatic rings. The molecule has 78 valence electrons. The van der Waals surface area contributed by atoms with Gasteiger partial charge in [-0.15, -0.1) is 0 Å². The van der Waals surface area contributed by atoms with Crippen molar-refractivity contribution in [3.63, 3.8) is 0 Å². The highest BCUT2D eigenvalue weighted by Crippen LogP contribution is 2.12. The van der Waals surface area contributed by atoms with E-state index in [1.807, 2.05) is 6.92 Å². The Hall–Kier alpha value is -0.960. The van der Waals surface area contributed by atoms with Crippen LogP contribution in [0.2, 0.25) is 0 Å². The first kappa shape index (κ1) is 11.1. The molecule has 0 aliphatic heterocycles. The summed E-state index contributed by atoms with van der Waals surface area (Å²) in [6.07, 6.45) is 2.05. The van der Waals surface area contributed by atoms with E-state index in [9.17, 15) is 8.78 Å². The van der Waals surface area contributed by atoms with E-state index in [2.05, 4.69) is 0 Å². The maximum atomic E-state index is 13.1. The van der Waals surface area contributed by atoms with Gasteiger partial charge < -0.3 is 5.73 Å². The topological polar surface area (TPSA) is 26.0 Å². The second kappa shape index (κ2) is 5.05. The predicted octanol–water partition coefficient (Wildman–Crippen LogP) is 2.63. The third-order valence-electron chi connectivity index (χ3n) is 2.32. The minimum atomic E-state index is -0.397. The molecule has 0 spiro atoms. The van der Waals surface area contributed by atoms with Gasteiger partial charge in [-0.25, -0.2) is 8.78 Å². The highest BCUT2D eigenvalue weighted by molar-refractivity contribution is 5.18. The van der Waals surface area contributed by atoms with E-state index in [1.54, 1.807) is 0 Å². The van der Waals surface area contributed by atoms with Gasteiger partial charge in [0.1, 0.15) is 11.6 Å². The van der Waals surface area contributed by atoms with Gasteiger partial charge in [-0.1, -0.05) is 6.92 Å². The molecular weight excluding hydrogens is 184 g/mol. The molecular formula is C11H15F2N. The van der Waals surface area contributed by atoms with E-state index in [-0.39, 0.29) is 11.9 Å². The van der Waals surface area contributed by atoms with Crippen molar-refractivity contribution in [2.45, 2.75) is 32.2 Å². The minimum Gasteiger partial charge on any atom is -0.328 e. The molecule has 1 nitrogen and oxygen atoms in total. The molecule has 1 aromatic carbocycles. The van der Waals surface area contributed by atoms with Crippen LogP contribution in [0.5, 0.6) is 0 Å². The molecule has 1 unspecified atom stereocenters. The van der Waals surface area contributed by atoms with Crippen molar-refractivity contribution in [2.24, 2.45) is 5.73 Å². The van der Waals surface area contributed by atoms with E-state index in [4.69, 9.17) is 5.73 Å². The summed E-state index contributed by atoms with van der Waals surface area (Å²) in [5.74, 6) is -0.749. The van der Waals surface area contributed by atoms with Gasteiger partial charge in [0.25, 0.3) is 0 Å². The van der Waals surface area contributed by atoms with E-state index in [0.717, 1.165) is 18.6 Å². The third-order valence-corrected chi connectivity index (χ3v) is 2.32. The van der Waals surface area contributed by atoms with Crippen LogP contribution in [-0.2, 0) is 6.42 Å². The highest BCUT2D eigenvalue weighted by atomic mass is 19.1. The lowest BCUT2D eigenvalue weighted by Gasteiger charge is -2.08. The molecule has 0 radical (unpaired) electrons. The average Bonchev–Trinajstić information content (AvgIpc) is 2.19. The van der Waals surface area contributed by atoms with E-state index < -0.39 is 5.82 Å². The number of hydrogen-bond acceptors (Lipinski definition) is 1. The number of rotatable bonds is 4. The van der Waals surface area contributed by atoms with Crippen LogP contribution in [0.3, 0.4) is 0 Å². The average molecular weight is 199 g/mol. The number of nitrogens with two attached hydrogens (primary N) is 1. The van der Waals surface area contributed by atoms with Crippen molar-refractivity contribution in [3.05, 3.63) is 35.4 Å². The minimum absolute atomic E-state index is 0.0673. The smallest absolute Gasteiger partial charge is 0.126 e. The van der Waals surface area contributed by atoms with Gasteiger partial charge >= 0.3 is 0 Å². The van der Waals surface area contributed by atoms with Crippen molar-refractivity contribution in [1.29, 1.82) is 0 Å². The first-order valence-corrected chi connectivity index (χ1v) is 4.83. The molecule has 0 aliphatic rings. The fraction of sp³-hybridized carbons (Fsp3) is 0.455. The Kier molecular flexibility index (Phi) is 4.01. The first-order valence-electron chi connectivity index (χ1n) is 4.83. The Balaban J connectivity index is 2.62. The Labute approximate surface area is 82.9 Å². The largest absolute Gasteiger partial charge is 0.328 e. The number of aryl methyl sites for hydroxylation is 1. The summed E-state index contributed by atoms with van der Waals surface area (Å²) in [7, 11) is 0. The molecule has 1 atom stereocenters. The highest BCUT2D eigenvalue weighted by Gasteiger charge is 2.06. The number of benzene rings is 1. The molecule has 0 aliphatic carbocycles. The van der Waals surface area contributed by atoms with Crippen molar-refractivity contribution in [1.82, 2.24) is 0 Å². The Morgan fingerprint density at radius 1 is 1.36 bits per heavy atom. The van der Waals surface area contributed by atoms with Crippen LogP contribution < -0.4 is 5.73 Å². The van der Waals surface area contributed by atoms with Crippen LogP contribution in [0.1, 0.15) is 25.3 Å². The Morgan fingerprint density at radius 3 is 2.71 bits per heavy atom. The van der Waals surface area contributed by atoms with E-state index >= 15 is 0 Å². The fourth-order valence-electron chi connectivity index (χ4n) is 1.28. The lowest BCUT2D eigenvalue weighted by atomic mass is 10.0. The van der Waals surface area contributed by atoms with Gasteiger partial charge in [0.05, 0.1) is 0 Å². The second-order valence-corrected chi connectivity index (χ2v) is 3.44. The summed E-state index contributed by atoms with van der Waals surface area (Å²) >= 11 is 0. The maximum Gasteiger partial charge on any atom is 0.126 e. The van der Waals surface area contributed by atoms with Crippen LogP contribution in [0.25, 0.3) is 0 Å². The van der Waals surface area contributed by atoms with Crippen LogP contribution in [0.15, 0.2) is 18.2 Å². The molecule has 14 heavy (non-hydrogen) atoms. The van der Waals surface area contributed by atoms with Crippen LogP contribution >= 0.6 is 0 Å². The molecule has 0 saturated heterocycles. The van der Waals surface area contributed by atoms with Crippen molar-refractivity contribution < 1.29 is 8.78 Å². The Morgan fingerprint density at radius 2 is 2.07 bits per heavy atom. The first-order chi connectivity index (χ1) is 6.63. The van der Waals surface area contributed by atoms with Gasteiger partial charge in [-0.05, 0) is 43.0 Å². The fourth-order valence-corrected chi connectivity index (χ4v) is 1.28. The zero-order valence-corrected chi connectivity index (χ0v) is 8.26. The quantitative estimate of drug-likeness (QED) is 0.792. The summed E-state index contributed by atoms with van der Waals surface area (Å²) < 4.78 is 25.9. The molecule has 0 bridgehead atoms. The molecule has 0 saturated carbocycles. The van der Waals surface area contributed by atoms with Crippen molar-refractivity contribution in [3.8, 4) is 0 Å². The van der Waals surface area contributed by atoms with Gasteiger partial charge in [-0.2, -0.15) is 0 Å². The third kappa shape index (κ3) is 3.07. The monoisotopic (exact) mass is 199 g/mol. The zero-order valence-electron chi connectivity index (χ0n) is 8.26. The lowest BCUT2D eigenvalue weighted by molar-refractivity contribution is 0.555. The molecule has 2 N–H and O–H groups in total. The molecule has 3 heteroatoms. The van der Waals surface area contributed by atoms with E-state index in [1.165, 1.54) is 6.07 Å². The van der Waals surface area contributed by atoms with Crippen LogP contribution in [-0.4, -0.2) is 6.04 Å². The van der Waals surface area contributed by atoms with Crippen LogP contribution in [0.4, 0.5) is 8.78 Å². The van der Waals surface area contributed by atoms with E-state index in [0.29, 0.717) is 18.4 Å². The van der Waals surface area contributed by atoms with Gasteiger partial charge in [0.15, 0.2) is 0 Å². The molecule has 0 amide bonds. The summed E-state index contributed by atoms with van der Waals surface area (Å²) in [6.45, 7) is 1.98. The summed E-state index contributed by atoms with van der Waals surface area (Å²) in [5, 5.41) is 0. The summed E-state index contributed by atoms with van der Waals surface area (Å²) in [6, 6.07) is 3.58. The van der Waals surface area contributed by atoms with Crippen molar-refractivity contribution >= 4 is 0 Å². The normalized spacial score (nSPS) is 12.9. The van der Waals surface area contributed by atoms with Gasteiger partial charge in [0, 0.05) is 6.04 Å². The molecule has 1 rings (SSSR count). The standard InChI is InChI=1S/C11H15F2N/c1-2-10(14)5-3-8-7-9(12)4-6-11(8)13/h4,6-7,10H,2-3,5,14H2,1H3. The molecule has 0 heterocycles. The Bertz CT molecular complexity index is 299. The molecule has 0 aromatic heterocycles. The number of halogens is 2. The summed E-state index contributed by atoms with van der Waals surface area (Å²) in [4.78, 5) is 0. The second-order valence-electron chi connectivity index (χ2n) is 3.44. The summed E-state index contributed by atoms with van der Waals surface area (Å²) in [5.41, 5.74) is 6.10. The molecule has 0 fully saturated rings. The van der Waals surface area contributed by atoms with Crippen molar-refractivity contribution in [2.75, 3.05) is 0 Å². The predicted molar refractivity (Wildman–Crippen MR) is 52.9 cm³/mol. The number of hydrogen-bond donors (Lipinski definition) is 1. The van der Waals surface area contributed by atoms with Gasteiger partial charge in [-0.3, -0.25) is 0 Å². The lowest BCUT2D eigenvalue weighted by Crippen LogP contribution is -2.19. The maximum absolute atomic E-state index is 13.1. The SMILES string of the molecule is CCC(N)CCc1cc(F)ccc1F. The van der Waals surface area contributed by atoms with Gasteiger partial charge in [0.2, 0.25) is 0 Å².